The van der Waals surface area contributed by atoms with E-state index >= 15 is 0 Å². The molecule has 1 rings (SSSR count). The number of hydrogen-bond donors (Lipinski definition) is 0. The van der Waals surface area contributed by atoms with Crippen LogP contribution in [0.25, 0.3) is 0 Å². The minimum atomic E-state index is -0.750. The number of carbonyl (C=O) groups excluding carboxylic acids is 2. The van der Waals surface area contributed by atoms with Gasteiger partial charge in [-0.05, 0) is 25.0 Å². The summed E-state index contributed by atoms with van der Waals surface area (Å²) in [5, 5.41) is 0. The van der Waals surface area contributed by atoms with Crippen molar-refractivity contribution in [2.75, 3.05) is 13.2 Å². The first-order valence-corrected chi connectivity index (χ1v) is 9.10. The van der Waals surface area contributed by atoms with Crippen molar-refractivity contribution in [2.45, 2.75) is 43.8 Å². The molecular weight excluding hydrogens is 375 g/mol. The SMILES string of the molecule is CCCCOC(=O)c1ccccc1C(=O)OCCCC.ClC(Cl)Cl. The Morgan fingerprint density at radius 3 is 1.50 bits per heavy atom. The van der Waals surface area contributed by atoms with E-state index in [1.165, 1.54) is 0 Å². The summed E-state index contributed by atoms with van der Waals surface area (Å²) < 4.78 is 9.53. The molecule has 0 radical (unpaired) electrons. The molecule has 24 heavy (non-hydrogen) atoms. The van der Waals surface area contributed by atoms with Crippen LogP contribution in [-0.4, -0.2) is 29.4 Å². The van der Waals surface area contributed by atoms with Crippen LogP contribution in [0.1, 0.15) is 60.2 Å². The quantitative estimate of drug-likeness (QED) is 0.326. The molecule has 0 aliphatic rings. The minimum absolute atomic E-state index is 0.269. The fourth-order valence-electron chi connectivity index (χ4n) is 1.61. The lowest BCUT2D eigenvalue weighted by molar-refractivity contribution is 0.0452. The Labute approximate surface area is 158 Å². The fraction of sp³-hybridized carbons (Fsp3) is 0.529. The van der Waals surface area contributed by atoms with Gasteiger partial charge in [-0.25, -0.2) is 9.59 Å². The Hall–Kier alpha value is -0.970. The molecule has 136 valence electrons. The van der Waals surface area contributed by atoms with Gasteiger partial charge < -0.3 is 9.47 Å². The van der Waals surface area contributed by atoms with E-state index in [0.29, 0.717) is 13.2 Å². The van der Waals surface area contributed by atoms with Crippen LogP contribution in [0.15, 0.2) is 24.3 Å². The average Bonchev–Trinajstić information content (AvgIpc) is 2.54. The predicted octanol–water partition coefficient (Wildman–Crippen LogP) is 5.59. The lowest BCUT2D eigenvalue weighted by Gasteiger charge is -2.09. The standard InChI is InChI=1S/C16H22O4.CHCl3/c1-3-5-11-19-15(17)13-9-7-8-10-14(13)16(18)20-12-6-4-2;2-1(3)4/h7-10H,3-6,11-12H2,1-2H3;1H. The van der Waals surface area contributed by atoms with Gasteiger partial charge in [-0.15, -0.1) is 0 Å². The van der Waals surface area contributed by atoms with Gasteiger partial charge in [0.05, 0.1) is 24.3 Å². The van der Waals surface area contributed by atoms with E-state index in [9.17, 15) is 9.59 Å². The van der Waals surface area contributed by atoms with E-state index in [1.54, 1.807) is 24.3 Å². The molecule has 0 aromatic heterocycles. The first kappa shape index (κ1) is 23.0. The number of halogens is 3. The first-order valence-electron chi connectivity index (χ1n) is 7.79. The van der Waals surface area contributed by atoms with E-state index < -0.39 is 16.2 Å². The van der Waals surface area contributed by atoms with Crippen molar-refractivity contribution in [2.24, 2.45) is 0 Å². The molecule has 0 fully saturated rings. The average molecular weight is 398 g/mol. The summed E-state index contributed by atoms with van der Waals surface area (Å²) >= 11 is 14.4. The van der Waals surface area contributed by atoms with Gasteiger partial charge in [0.25, 0.3) is 0 Å². The molecule has 0 atom stereocenters. The van der Waals surface area contributed by atoms with Crippen molar-refractivity contribution < 1.29 is 19.1 Å². The van der Waals surface area contributed by atoms with Gasteiger partial charge in [0.1, 0.15) is 0 Å². The van der Waals surface area contributed by atoms with Gasteiger partial charge in [-0.3, -0.25) is 0 Å². The van der Waals surface area contributed by atoms with Gasteiger partial charge in [0, 0.05) is 0 Å². The lowest BCUT2D eigenvalue weighted by Crippen LogP contribution is -2.14. The third-order valence-electron chi connectivity index (χ3n) is 2.83. The summed E-state index contributed by atoms with van der Waals surface area (Å²) in [5.74, 6) is -0.942. The molecule has 1 aromatic rings. The number of benzene rings is 1. The molecule has 0 saturated heterocycles. The largest absolute Gasteiger partial charge is 0.462 e. The van der Waals surface area contributed by atoms with Gasteiger partial charge in [-0.2, -0.15) is 0 Å². The van der Waals surface area contributed by atoms with Crippen molar-refractivity contribution in [3.63, 3.8) is 0 Å². The maximum absolute atomic E-state index is 11.9. The number of unbranched alkanes of at least 4 members (excludes halogenated alkanes) is 2. The van der Waals surface area contributed by atoms with E-state index in [2.05, 4.69) is 0 Å². The molecule has 0 amide bonds. The minimum Gasteiger partial charge on any atom is -0.462 e. The summed E-state index contributed by atoms with van der Waals surface area (Å²) in [7, 11) is 0. The lowest BCUT2D eigenvalue weighted by atomic mass is 10.1. The smallest absolute Gasteiger partial charge is 0.339 e. The highest BCUT2D eigenvalue weighted by Crippen LogP contribution is 2.12. The summed E-state index contributed by atoms with van der Waals surface area (Å²) in [4.78, 5) is 23.9. The third kappa shape index (κ3) is 10.7. The highest BCUT2D eigenvalue weighted by molar-refractivity contribution is 6.63. The Bertz CT molecular complexity index is 449. The summed E-state index contributed by atoms with van der Waals surface area (Å²) in [5.41, 5.74) is 0.537. The predicted molar refractivity (Wildman–Crippen MR) is 98.2 cm³/mol. The zero-order valence-electron chi connectivity index (χ0n) is 13.9. The Balaban J connectivity index is 0.00000118. The third-order valence-corrected chi connectivity index (χ3v) is 2.83. The van der Waals surface area contributed by atoms with E-state index in [1.807, 2.05) is 13.8 Å². The highest BCUT2D eigenvalue weighted by atomic mass is 35.6. The van der Waals surface area contributed by atoms with Crippen molar-refractivity contribution in [1.29, 1.82) is 0 Å². The maximum atomic E-state index is 11.9. The van der Waals surface area contributed by atoms with Crippen LogP contribution < -0.4 is 0 Å². The first-order chi connectivity index (χ1) is 11.4. The zero-order valence-corrected chi connectivity index (χ0v) is 16.2. The van der Waals surface area contributed by atoms with E-state index in [4.69, 9.17) is 44.3 Å². The molecule has 0 unspecified atom stereocenters. The van der Waals surface area contributed by atoms with Crippen LogP contribution in [0.3, 0.4) is 0 Å². The second kappa shape index (κ2) is 14.4. The molecule has 0 spiro atoms. The van der Waals surface area contributed by atoms with Crippen LogP contribution in [-0.2, 0) is 9.47 Å². The van der Waals surface area contributed by atoms with Crippen molar-refractivity contribution in [1.82, 2.24) is 0 Å². The highest BCUT2D eigenvalue weighted by Gasteiger charge is 2.18. The molecule has 1 aromatic carbocycles. The van der Waals surface area contributed by atoms with Gasteiger partial charge in [0.15, 0.2) is 4.30 Å². The van der Waals surface area contributed by atoms with E-state index in [-0.39, 0.29) is 11.1 Å². The van der Waals surface area contributed by atoms with Gasteiger partial charge in [-0.1, -0.05) is 73.6 Å². The van der Waals surface area contributed by atoms with Crippen molar-refractivity contribution in [3.8, 4) is 0 Å². The summed E-state index contributed by atoms with van der Waals surface area (Å²) in [6, 6.07) is 6.59. The van der Waals surface area contributed by atoms with Crippen LogP contribution >= 0.6 is 34.8 Å². The van der Waals surface area contributed by atoms with Crippen molar-refractivity contribution >= 4 is 46.7 Å². The van der Waals surface area contributed by atoms with E-state index in [0.717, 1.165) is 25.7 Å². The maximum Gasteiger partial charge on any atom is 0.339 e. The summed E-state index contributed by atoms with van der Waals surface area (Å²) in [6.07, 6.45) is 3.53. The molecule has 4 nitrogen and oxygen atoms in total. The van der Waals surface area contributed by atoms with Crippen LogP contribution in [0.5, 0.6) is 0 Å². The summed E-state index contributed by atoms with van der Waals surface area (Å²) in [6.45, 7) is 4.78. The van der Waals surface area contributed by atoms with Gasteiger partial charge in [0.2, 0.25) is 0 Å². The normalized spacial score (nSPS) is 9.92. The Morgan fingerprint density at radius 2 is 1.21 bits per heavy atom. The number of ether oxygens (including phenoxy) is 2. The molecule has 0 saturated carbocycles. The number of hydrogen-bond acceptors (Lipinski definition) is 4. The second-order valence-electron chi connectivity index (χ2n) is 4.77. The Kier molecular flexibility index (Phi) is 13.8. The molecule has 0 heterocycles. The van der Waals surface area contributed by atoms with Crippen LogP contribution in [0, 0.1) is 0 Å². The molecule has 0 aliphatic carbocycles. The molecule has 0 N–H and O–H groups in total. The number of esters is 2. The topological polar surface area (TPSA) is 52.6 Å². The second-order valence-corrected chi connectivity index (χ2v) is 6.75. The van der Waals surface area contributed by atoms with Gasteiger partial charge >= 0.3 is 11.9 Å². The van der Waals surface area contributed by atoms with Crippen LogP contribution in [0.2, 0.25) is 0 Å². The Morgan fingerprint density at radius 1 is 0.875 bits per heavy atom. The van der Waals surface area contributed by atoms with Crippen LogP contribution in [0.4, 0.5) is 0 Å². The monoisotopic (exact) mass is 396 g/mol. The van der Waals surface area contributed by atoms with Crippen molar-refractivity contribution in [3.05, 3.63) is 35.4 Å². The fourth-order valence-corrected chi connectivity index (χ4v) is 1.61. The number of carbonyl (C=O) groups is 2. The molecular formula is C17H23Cl3O4. The molecule has 0 aliphatic heterocycles. The number of rotatable bonds is 8. The molecule has 0 bridgehead atoms. The molecule has 7 heteroatoms. The zero-order chi connectivity index (χ0) is 18.4. The number of alkyl halides is 3.